The summed E-state index contributed by atoms with van der Waals surface area (Å²) in [5, 5.41) is 3.60. The van der Waals surface area contributed by atoms with E-state index in [9.17, 15) is 0 Å². The summed E-state index contributed by atoms with van der Waals surface area (Å²) >= 11 is 3.93. The molecule has 72 heavy (non-hydrogen) atoms. The van der Waals surface area contributed by atoms with Gasteiger partial charge in [0.1, 0.15) is 5.65 Å². The lowest BCUT2D eigenvalue weighted by Gasteiger charge is -2.48. The number of rotatable bonds is 1. The Morgan fingerprint density at radius 1 is 0.431 bits per heavy atom. The molecule has 0 saturated heterocycles. The summed E-state index contributed by atoms with van der Waals surface area (Å²) in [5.74, 6) is 0. The van der Waals surface area contributed by atoms with E-state index in [1.165, 1.54) is 114 Å². The molecule has 7 heteroatoms. The van der Waals surface area contributed by atoms with Crippen LogP contribution in [0.1, 0.15) is 105 Å². The third-order valence-corrected chi connectivity index (χ3v) is 18.2. The molecule has 10 aromatic rings. The summed E-state index contributed by atoms with van der Waals surface area (Å²) in [6.07, 6.45) is 0. The Kier molecular flexibility index (Phi) is 9.01. The van der Waals surface area contributed by atoms with Crippen molar-refractivity contribution in [2.75, 3.05) is 9.80 Å². The van der Waals surface area contributed by atoms with Crippen LogP contribution in [0.4, 0.5) is 34.1 Å². The number of nitrogens with zero attached hydrogens (tertiary/aromatic N) is 4. The van der Waals surface area contributed by atoms with Gasteiger partial charge in [0.05, 0.1) is 39.3 Å². The zero-order valence-corrected chi connectivity index (χ0v) is 45.1. The Balaban J connectivity index is 1.15. The lowest BCUT2D eigenvalue weighted by molar-refractivity contribution is 0.588. The summed E-state index contributed by atoms with van der Waals surface area (Å²) in [5.41, 5.74) is 23.8. The molecule has 4 aliphatic rings. The first-order valence-corrected chi connectivity index (χ1v) is 27.4. The fraction of sp³-hybridized carbons (Fsp3) is 0.246. The maximum absolute atomic E-state index is 5.38. The predicted molar refractivity (Wildman–Crippen MR) is 310 cm³/mol. The van der Waals surface area contributed by atoms with Gasteiger partial charge in [0.2, 0.25) is 0 Å². The molecule has 0 aliphatic carbocycles. The van der Waals surface area contributed by atoms with Crippen molar-refractivity contribution in [3.63, 3.8) is 0 Å². The van der Waals surface area contributed by atoms with Gasteiger partial charge in [-0.1, -0.05) is 179 Å². The highest BCUT2D eigenvalue weighted by Crippen LogP contribution is 2.59. The predicted octanol–water partition coefficient (Wildman–Crippen LogP) is 16.7. The monoisotopic (exact) mass is 970 g/mol. The van der Waals surface area contributed by atoms with E-state index in [1.807, 2.05) is 23.5 Å². The minimum absolute atomic E-state index is 0.000896. The summed E-state index contributed by atoms with van der Waals surface area (Å²) < 4.78 is 2.37. The lowest BCUT2D eigenvalue weighted by Crippen LogP contribution is -2.62. The summed E-state index contributed by atoms with van der Waals surface area (Å²) in [7, 11) is 0. The van der Waals surface area contributed by atoms with Crippen LogP contribution in [0.2, 0.25) is 0 Å². The molecule has 0 bridgehead atoms. The molecule has 4 nitrogen and oxygen atoms in total. The molecule has 4 aliphatic heterocycles. The first-order chi connectivity index (χ1) is 34.2. The van der Waals surface area contributed by atoms with Crippen molar-refractivity contribution in [1.29, 1.82) is 0 Å². The number of hydrogen-bond donors (Lipinski definition) is 0. The average molecular weight is 971 g/mol. The van der Waals surface area contributed by atoms with Crippen molar-refractivity contribution < 1.29 is 0 Å². The molecule has 14 rings (SSSR count). The van der Waals surface area contributed by atoms with Crippen LogP contribution >= 0.6 is 23.5 Å². The molecule has 0 N–H and O–H groups in total. The first-order valence-electron chi connectivity index (χ1n) is 25.7. The molecule has 0 amide bonds. The molecule has 6 heterocycles. The second-order valence-corrected chi connectivity index (χ2v) is 27.1. The SMILES string of the molecule is CC(C)(C)c1ccc2c(c1)Sc1cc(C(C)(C)C)cc3c1N2c1cc(-c2cccc4c2c2ccccc2n2c5ccccc5nc42)cc2c1B3c1cc(C(C)(C)C)cc3c1N2c1ccc(C(C)(C)C)cc1S3. The summed E-state index contributed by atoms with van der Waals surface area (Å²) in [6.45, 7) is 28.3. The molecule has 0 spiro atoms. The Morgan fingerprint density at radius 2 is 0.917 bits per heavy atom. The zero-order valence-electron chi connectivity index (χ0n) is 43.5. The largest absolute Gasteiger partial charge is 0.309 e. The zero-order chi connectivity index (χ0) is 49.7. The van der Waals surface area contributed by atoms with E-state index >= 15 is 0 Å². The van der Waals surface area contributed by atoms with Gasteiger partial charge in [-0.3, -0.25) is 4.40 Å². The van der Waals surface area contributed by atoms with Crippen LogP contribution < -0.4 is 26.2 Å². The van der Waals surface area contributed by atoms with E-state index < -0.39 is 0 Å². The standard InChI is InChI=1S/C65H59BN4S2/c1-62(2,3)37-24-26-49-53(32-37)71-55-34-39(64(7,8)9)30-44-59(55)68(49)51-28-36(41-19-17-20-43-57(41)42-18-13-15-22-47(42)70-48-23-16-14-21-46(48)67-61(43)70)29-52-58(51)66(44)45-31-40(65(10,11)12)35-56-60(45)69(52)50-27-25-38(63(4,5)6)33-54(50)72-56/h13-35H,1-12H3. The highest BCUT2D eigenvalue weighted by atomic mass is 32.2. The van der Waals surface area contributed by atoms with E-state index in [2.05, 4.69) is 237 Å². The third-order valence-electron chi connectivity index (χ3n) is 16.1. The number of pyridine rings is 1. The van der Waals surface area contributed by atoms with Crippen LogP contribution in [-0.2, 0) is 21.7 Å². The fourth-order valence-electron chi connectivity index (χ4n) is 12.2. The normalized spacial score (nSPS) is 14.8. The Hall–Kier alpha value is -6.41. The van der Waals surface area contributed by atoms with Crippen molar-refractivity contribution in [3.8, 4) is 11.1 Å². The summed E-state index contributed by atoms with van der Waals surface area (Å²) in [4.78, 5) is 16.0. The molecule has 2 aromatic heterocycles. The van der Waals surface area contributed by atoms with Crippen molar-refractivity contribution >= 4 is 119 Å². The molecule has 8 aromatic carbocycles. The van der Waals surface area contributed by atoms with Gasteiger partial charge in [0, 0.05) is 47.1 Å². The third kappa shape index (κ3) is 6.25. The van der Waals surface area contributed by atoms with Crippen LogP contribution in [0.25, 0.3) is 49.5 Å². The summed E-state index contributed by atoms with van der Waals surface area (Å²) in [6, 6.07) is 54.3. The Labute approximate surface area is 433 Å². The number of imidazole rings is 1. The quantitative estimate of drug-likeness (QED) is 0.121. The van der Waals surface area contributed by atoms with Crippen molar-refractivity contribution in [2.45, 2.75) is 124 Å². The second-order valence-electron chi connectivity index (χ2n) is 24.9. The van der Waals surface area contributed by atoms with Crippen molar-refractivity contribution in [1.82, 2.24) is 9.38 Å². The van der Waals surface area contributed by atoms with Gasteiger partial charge in [-0.15, -0.1) is 0 Å². The van der Waals surface area contributed by atoms with Gasteiger partial charge in [-0.25, -0.2) is 4.98 Å². The van der Waals surface area contributed by atoms with E-state index in [1.54, 1.807) is 0 Å². The molecule has 0 fully saturated rings. The van der Waals surface area contributed by atoms with Crippen LogP contribution in [0.5, 0.6) is 0 Å². The number of aromatic nitrogens is 2. The highest BCUT2D eigenvalue weighted by molar-refractivity contribution is 8.00. The number of benzene rings is 8. The lowest BCUT2D eigenvalue weighted by atomic mass is 9.33. The van der Waals surface area contributed by atoms with Gasteiger partial charge in [0.25, 0.3) is 6.71 Å². The molecule has 0 saturated carbocycles. The van der Waals surface area contributed by atoms with Gasteiger partial charge in [-0.2, -0.15) is 0 Å². The number of anilines is 6. The highest BCUT2D eigenvalue weighted by Gasteiger charge is 2.49. The molecular weight excluding hydrogens is 912 g/mol. The van der Waals surface area contributed by atoms with Gasteiger partial charge in [-0.05, 0) is 138 Å². The molecule has 0 unspecified atom stereocenters. The van der Waals surface area contributed by atoms with Crippen molar-refractivity contribution in [3.05, 3.63) is 162 Å². The molecule has 354 valence electrons. The van der Waals surface area contributed by atoms with Crippen molar-refractivity contribution in [2.24, 2.45) is 0 Å². The number of para-hydroxylation sites is 3. The van der Waals surface area contributed by atoms with E-state index in [0.29, 0.717) is 0 Å². The topological polar surface area (TPSA) is 23.8 Å². The average Bonchev–Trinajstić information content (AvgIpc) is 3.74. The Morgan fingerprint density at radius 3 is 1.46 bits per heavy atom. The van der Waals surface area contributed by atoms with Gasteiger partial charge < -0.3 is 9.80 Å². The van der Waals surface area contributed by atoms with E-state index in [0.717, 1.165) is 27.6 Å². The van der Waals surface area contributed by atoms with E-state index in [-0.39, 0.29) is 28.4 Å². The number of hydrogen-bond acceptors (Lipinski definition) is 5. The smallest absolute Gasteiger partial charge is 0.252 e. The van der Waals surface area contributed by atoms with Gasteiger partial charge in [0.15, 0.2) is 0 Å². The fourth-order valence-corrected chi connectivity index (χ4v) is 14.6. The second kappa shape index (κ2) is 14.6. The first kappa shape index (κ1) is 44.3. The molecule has 0 radical (unpaired) electrons. The molecular formula is C65H59BN4S2. The van der Waals surface area contributed by atoms with Crippen LogP contribution in [0.3, 0.4) is 0 Å². The Bertz CT molecular complexity index is 3900. The molecule has 0 atom stereocenters. The number of fused-ring (bicyclic) bond motifs is 16. The maximum Gasteiger partial charge on any atom is 0.252 e. The van der Waals surface area contributed by atoms with Gasteiger partial charge >= 0.3 is 0 Å². The minimum Gasteiger partial charge on any atom is -0.309 e. The minimum atomic E-state index is -0.0619. The maximum atomic E-state index is 5.38. The van der Waals surface area contributed by atoms with Crippen LogP contribution in [-0.4, -0.2) is 16.1 Å². The van der Waals surface area contributed by atoms with Crippen LogP contribution in [0.15, 0.2) is 159 Å². The van der Waals surface area contributed by atoms with Crippen LogP contribution in [0, 0.1) is 0 Å². The van der Waals surface area contributed by atoms with E-state index in [4.69, 9.17) is 4.98 Å².